The van der Waals surface area contributed by atoms with E-state index in [2.05, 4.69) is 20.0 Å². The molecule has 0 saturated carbocycles. The van der Waals surface area contributed by atoms with Gasteiger partial charge in [-0.1, -0.05) is 17.7 Å². The van der Waals surface area contributed by atoms with Gasteiger partial charge in [0.25, 0.3) is 0 Å². The fourth-order valence-corrected chi connectivity index (χ4v) is 3.93. The number of rotatable bonds is 7. The summed E-state index contributed by atoms with van der Waals surface area (Å²) in [7, 11) is -3.62. The molecule has 1 aromatic carbocycles. The highest BCUT2D eigenvalue weighted by Crippen LogP contribution is 2.22. The van der Waals surface area contributed by atoms with Gasteiger partial charge in [-0.3, -0.25) is 0 Å². The molecule has 0 unspecified atom stereocenters. The normalized spacial score (nSPS) is 11.5. The van der Waals surface area contributed by atoms with Crippen LogP contribution in [0.1, 0.15) is 5.56 Å². The zero-order valence-corrected chi connectivity index (χ0v) is 15.6. The van der Waals surface area contributed by atoms with E-state index in [4.69, 9.17) is 11.6 Å². The van der Waals surface area contributed by atoms with Gasteiger partial charge in [0.15, 0.2) is 0 Å². The molecule has 0 saturated heterocycles. The second-order valence-corrected chi connectivity index (χ2v) is 7.68. The first-order valence-corrected chi connectivity index (χ1v) is 9.77. The van der Waals surface area contributed by atoms with Crippen LogP contribution in [-0.2, 0) is 10.0 Å². The van der Waals surface area contributed by atoms with Crippen molar-refractivity contribution in [3.8, 4) is 5.82 Å². The molecule has 0 spiro atoms. The average Bonchev–Trinajstić information content (AvgIpc) is 3.16. The molecule has 0 radical (unpaired) electrons. The van der Waals surface area contributed by atoms with Crippen molar-refractivity contribution in [1.29, 1.82) is 0 Å². The van der Waals surface area contributed by atoms with Gasteiger partial charge in [-0.15, -0.1) is 0 Å². The number of anilines is 1. The van der Waals surface area contributed by atoms with Crippen LogP contribution < -0.4 is 10.0 Å². The molecule has 0 amide bonds. The van der Waals surface area contributed by atoms with Crippen molar-refractivity contribution in [2.24, 2.45) is 0 Å². The zero-order chi connectivity index (χ0) is 18.6. The average molecular weight is 392 g/mol. The second kappa shape index (κ2) is 7.86. The Balaban J connectivity index is 1.59. The minimum atomic E-state index is -3.62. The van der Waals surface area contributed by atoms with E-state index < -0.39 is 10.0 Å². The molecular weight excluding hydrogens is 374 g/mol. The minimum Gasteiger partial charge on any atom is -0.369 e. The summed E-state index contributed by atoms with van der Waals surface area (Å²) in [5.41, 5.74) is 0.529. The Morgan fingerprint density at radius 3 is 2.65 bits per heavy atom. The quantitative estimate of drug-likeness (QED) is 0.604. The SMILES string of the molecule is Cc1c(Cl)cccc1S(=O)(=O)NCCNc1cc(-n2cccc2)ncn1. The fourth-order valence-electron chi connectivity index (χ4n) is 2.40. The van der Waals surface area contributed by atoms with Crippen LogP contribution in [-0.4, -0.2) is 36.0 Å². The van der Waals surface area contributed by atoms with Crippen molar-refractivity contribution in [2.45, 2.75) is 11.8 Å². The molecule has 2 heterocycles. The van der Waals surface area contributed by atoms with E-state index in [0.29, 0.717) is 22.9 Å². The Kier molecular flexibility index (Phi) is 5.55. The lowest BCUT2D eigenvalue weighted by molar-refractivity contribution is 0.582. The predicted molar refractivity (Wildman–Crippen MR) is 101 cm³/mol. The molecule has 0 aliphatic carbocycles. The van der Waals surface area contributed by atoms with Gasteiger partial charge in [-0.25, -0.2) is 23.1 Å². The van der Waals surface area contributed by atoms with Crippen LogP contribution in [0.3, 0.4) is 0 Å². The minimum absolute atomic E-state index is 0.182. The maximum absolute atomic E-state index is 12.4. The second-order valence-electron chi connectivity index (χ2n) is 5.54. The first-order chi connectivity index (χ1) is 12.5. The molecule has 0 fully saturated rings. The molecule has 3 aromatic rings. The monoisotopic (exact) mass is 391 g/mol. The van der Waals surface area contributed by atoms with Gasteiger partial charge in [0, 0.05) is 36.6 Å². The highest BCUT2D eigenvalue weighted by atomic mass is 35.5. The molecule has 2 aromatic heterocycles. The Morgan fingerprint density at radius 2 is 1.88 bits per heavy atom. The third-order valence-corrected chi connectivity index (χ3v) is 5.77. The highest BCUT2D eigenvalue weighted by Gasteiger charge is 2.17. The summed E-state index contributed by atoms with van der Waals surface area (Å²) < 4.78 is 29.2. The molecular formula is C17H18ClN5O2S. The summed E-state index contributed by atoms with van der Waals surface area (Å²) in [5, 5.41) is 3.50. The third-order valence-electron chi connectivity index (χ3n) is 3.75. The van der Waals surface area contributed by atoms with Crippen molar-refractivity contribution in [1.82, 2.24) is 19.3 Å². The van der Waals surface area contributed by atoms with Crippen molar-refractivity contribution >= 4 is 27.4 Å². The van der Waals surface area contributed by atoms with Crippen molar-refractivity contribution < 1.29 is 8.42 Å². The Labute approximate surface area is 157 Å². The first kappa shape index (κ1) is 18.4. The number of halogens is 1. The van der Waals surface area contributed by atoms with E-state index in [1.165, 1.54) is 12.4 Å². The number of nitrogens with one attached hydrogen (secondary N) is 2. The molecule has 7 nitrogen and oxygen atoms in total. The van der Waals surface area contributed by atoms with Crippen LogP contribution >= 0.6 is 11.6 Å². The van der Waals surface area contributed by atoms with E-state index in [-0.39, 0.29) is 11.4 Å². The number of benzene rings is 1. The number of sulfonamides is 1. The number of hydrogen-bond donors (Lipinski definition) is 2. The van der Waals surface area contributed by atoms with Gasteiger partial charge in [-0.05, 0) is 36.8 Å². The molecule has 0 aliphatic rings. The summed E-state index contributed by atoms with van der Waals surface area (Å²) in [4.78, 5) is 8.51. The lowest BCUT2D eigenvalue weighted by atomic mass is 10.2. The highest BCUT2D eigenvalue weighted by molar-refractivity contribution is 7.89. The van der Waals surface area contributed by atoms with Crippen LogP contribution in [0.5, 0.6) is 0 Å². The van der Waals surface area contributed by atoms with Crippen molar-refractivity contribution in [2.75, 3.05) is 18.4 Å². The van der Waals surface area contributed by atoms with Crippen molar-refractivity contribution in [3.05, 3.63) is 65.7 Å². The van der Waals surface area contributed by atoms with Gasteiger partial charge < -0.3 is 9.88 Å². The van der Waals surface area contributed by atoms with Crippen LogP contribution in [0.2, 0.25) is 5.02 Å². The van der Waals surface area contributed by atoms with Crippen LogP contribution in [0.25, 0.3) is 5.82 Å². The number of nitrogens with zero attached hydrogens (tertiary/aromatic N) is 3. The molecule has 136 valence electrons. The summed E-state index contributed by atoms with van der Waals surface area (Å²) in [6, 6.07) is 10.4. The largest absolute Gasteiger partial charge is 0.369 e. The number of hydrogen-bond acceptors (Lipinski definition) is 5. The summed E-state index contributed by atoms with van der Waals surface area (Å²) in [6.07, 6.45) is 5.22. The molecule has 9 heteroatoms. The Morgan fingerprint density at radius 1 is 1.12 bits per heavy atom. The molecule has 2 N–H and O–H groups in total. The summed E-state index contributed by atoms with van der Waals surface area (Å²) in [6.45, 7) is 2.26. The van der Waals surface area contributed by atoms with E-state index in [1.807, 2.05) is 29.1 Å². The summed E-state index contributed by atoms with van der Waals surface area (Å²) in [5.74, 6) is 1.34. The molecule has 0 aliphatic heterocycles. The van der Waals surface area contributed by atoms with Gasteiger partial charge >= 0.3 is 0 Å². The van der Waals surface area contributed by atoms with Gasteiger partial charge in [0.05, 0.1) is 4.90 Å². The Hall–Kier alpha value is -2.42. The maximum atomic E-state index is 12.4. The molecule has 0 atom stereocenters. The lowest BCUT2D eigenvalue weighted by Gasteiger charge is -2.11. The number of aromatic nitrogens is 3. The van der Waals surface area contributed by atoms with E-state index in [1.54, 1.807) is 25.1 Å². The zero-order valence-electron chi connectivity index (χ0n) is 14.1. The van der Waals surface area contributed by atoms with Gasteiger partial charge in [-0.2, -0.15) is 0 Å². The fraction of sp³-hybridized carbons (Fsp3) is 0.176. The lowest BCUT2D eigenvalue weighted by Crippen LogP contribution is -2.29. The molecule has 3 rings (SSSR count). The van der Waals surface area contributed by atoms with E-state index >= 15 is 0 Å². The van der Waals surface area contributed by atoms with Crippen LogP contribution in [0.4, 0.5) is 5.82 Å². The predicted octanol–water partition coefficient (Wildman–Crippen LogP) is 2.62. The van der Waals surface area contributed by atoms with Crippen molar-refractivity contribution in [3.63, 3.8) is 0 Å². The smallest absolute Gasteiger partial charge is 0.240 e. The standard InChI is InChI=1S/C17H18ClN5O2S/c1-13-14(18)5-4-6-15(13)26(24,25)22-8-7-19-16-11-17(21-12-20-16)23-9-2-3-10-23/h2-6,9-12,22H,7-8H2,1H3,(H,19,20,21). The van der Waals surface area contributed by atoms with E-state index in [9.17, 15) is 8.42 Å². The first-order valence-electron chi connectivity index (χ1n) is 7.91. The maximum Gasteiger partial charge on any atom is 0.240 e. The molecule has 26 heavy (non-hydrogen) atoms. The van der Waals surface area contributed by atoms with Crippen LogP contribution in [0, 0.1) is 6.92 Å². The molecule has 0 bridgehead atoms. The van der Waals surface area contributed by atoms with E-state index in [0.717, 1.165) is 5.82 Å². The third kappa shape index (κ3) is 4.21. The van der Waals surface area contributed by atoms with Gasteiger partial charge in [0.1, 0.15) is 18.0 Å². The van der Waals surface area contributed by atoms with Gasteiger partial charge in [0.2, 0.25) is 10.0 Å². The van der Waals surface area contributed by atoms with Crippen LogP contribution in [0.15, 0.2) is 60.0 Å². The summed E-state index contributed by atoms with van der Waals surface area (Å²) >= 11 is 6.00. The Bertz CT molecular complexity index is 990. The topological polar surface area (TPSA) is 88.9 Å².